The van der Waals surface area contributed by atoms with Gasteiger partial charge >= 0.3 is 0 Å². The van der Waals surface area contributed by atoms with Crippen molar-refractivity contribution in [1.29, 1.82) is 0 Å². The van der Waals surface area contributed by atoms with E-state index < -0.39 is 0 Å². The molecule has 0 saturated carbocycles. The standard InChI is InChI=1S/C19H33NO/c1-4-6-7-8-9-15-21-19-12-10-18(11-13-19)16-17(3)20-14-5-2/h10-13,17,20H,4-9,14-16H2,1-3H3. The Bertz CT molecular complexity index is 347. The third-order valence-electron chi connectivity index (χ3n) is 3.72. The number of hydrogen-bond acceptors (Lipinski definition) is 2. The van der Waals surface area contributed by atoms with Crippen LogP contribution in [0.25, 0.3) is 0 Å². The highest BCUT2D eigenvalue weighted by atomic mass is 16.5. The average Bonchev–Trinajstić information content (AvgIpc) is 2.50. The topological polar surface area (TPSA) is 21.3 Å². The van der Waals surface area contributed by atoms with E-state index in [-0.39, 0.29) is 0 Å². The van der Waals surface area contributed by atoms with Crippen molar-refractivity contribution in [2.45, 2.75) is 71.8 Å². The van der Waals surface area contributed by atoms with Gasteiger partial charge in [0.15, 0.2) is 0 Å². The summed E-state index contributed by atoms with van der Waals surface area (Å²) in [5.41, 5.74) is 1.38. The van der Waals surface area contributed by atoms with Crippen LogP contribution >= 0.6 is 0 Å². The molecule has 0 aliphatic rings. The molecular weight excluding hydrogens is 258 g/mol. The minimum atomic E-state index is 0.537. The van der Waals surface area contributed by atoms with Gasteiger partial charge in [-0.3, -0.25) is 0 Å². The van der Waals surface area contributed by atoms with E-state index in [1.54, 1.807) is 0 Å². The molecule has 1 N–H and O–H groups in total. The maximum atomic E-state index is 5.80. The van der Waals surface area contributed by atoms with E-state index >= 15 is 0 Å². The lowest BCUT2D eigenvalue weighted by molar-refractivity contribution is 0.304. The second kappa shape index (κ2) is 11.6. The molecule has 0 aliphatic carbocycles. The van der Waals surface area contributed by atoms with Crippen molar-refractivity contribution in [2.24, 2.45) is 0 Å². The molecule has 1 aromatic rings. The lowest BCUT2D eigenvalue weighted by Gasteiger charge is -2.13. The summed E-state index contributed by atoms with van der Waals surface area (Å²) in [4.78, 5) is 0. The Balaban J connectivity index is 2.20. The molecule has 0 bridgehead atoms. The van der Waals surface area contributed by atoms with Gasteiger partial charge in [0.1, 0.15) is 5.75 Å². The minimum absolute atomic E-state index is 0.537. The summed E-state index contributed by atoms with van der Waals surface area (Å²) in [6.07, 6.45) is 8.70. The highest BCUT2D eigenvalue weighted by Gasteiger charge is 2.02. The van der Waals surface area contributed by atoms with Gasteiger partial charge in [0.05, 0.1) is 6.61 Å². The van der Waals surface area contributed by atoms with E-state index in [0.29, 0.717) is 6.04 Å². The number of rotatable bonds is 12. The van der Waals surface area contributed by atoms with Crippen LogP contribution in [-0.2, 0) is 6.42 Å². The molecule has 1 unspecified atom stereocenters. The molecule has 2 nitrogen and oxygen atoms in total. The SMILES string of the molecule is CCCCCCCOc1ccc(CC(C)NCCC)cc1. The van der Waals surface area contributed by atoms with Crippen LogP contribution in [0.15, 0.2) is 24.3 Å². The normalized spacial score (nSPS) is 12.3. The Hall–Kier alpha value is -1.02. The van der Waals surface area contributed by atoms with Gasteiger partial charge < -0.3 is 10.1 Å². The molecule has 0 radical (unpaired) electrons. The van der Waals surface area contributed by atoms with Crippen molar-refractivity contribution in [2.75, 3.05) is 13.2 Å². The van der Waals surface area contributed by atoms with Gasteiger partial charge in [-0.15, -0.1) is 0 Å². The van der Waals surface area contributed by atoms with Crippen LogP contribution < -0.4 is 10.1 Å². The van der Waals surface area contributed by atoms with Gasteiger partial charge in [-0.1, -0.05) is 51.7 Å². The summed E-state index contributed by atoms with van der Waals surface area (Å²) < 4.78 is 5.80. The first-order chi connectivity index (χ1) is 10.3. The van der Waals surface area contributed by atoms with Gasteiger partial charge in [-0.25, -0.2) is 0 Å². The first kappa shape index (κ1) is 18.0. The third kappa shape index (κ3) is 8.77. The molecule has 0 heterocycles. The lowest BCUT2D eigenvalue weighted by Crippen LogP contribution is -2.28. The maximum absolute atomic E-state index is 5.80. The average molecular weight is 291 g/mol. The molecule has 1 atom stereocenters. The molecule has 2 heteroatoms. The van der Waals surface area contributed by atoms with Crippen molar-refractivity contribution >= 4 is 0 Å². The molecular formula is C19H33NO. The fourth-order valence-electron chi connectivity index (χ4n) is 2.43. The molecule has 0 aromatic heterocycles. The Kier molecular flexibility index (Phi) is 9.98. The van der Waals surface area contributed by atoms with Crippen molar-refractivity contribution < 1.29 is 4.74 Å². The molecule has 120 valence electrons. The Morgan fingerprint density at radius 3 is 2.33 bits per heavy atom. The quantitative estimate of drug-likeness (QED) is 0.549. The van der Waals surface area contributed by atoms with E-state index in [4.69, 9.17) is 4.74 Å². The van der Waals surface area contributed by atoms with E-state index in [1.165, 1.54) is 44.1 Å². The fraction of sp³-hybridized carbons (Fsp3) is 0.684. The highest BCUT2D eigenvalue weighted by Crippen LogP contribution is 2.14. The van der Waals surface area contributed by atoms with Gasteiger partial charge in [0.2, 0.25) is 0 Å². The smallest absolute Gasteiger partial charge is 0.119 e. The highest BCUT2D eigenvalue weighted by molar-refractivity contribution is 5.27. The van der Waals surface area contributed by atoms with E-state index in [9.17, 15) is 0 Å². The summed E-state index contributed by atoms with van der Waals surface area (Å²) in [6.45, 7) is 8.64. The summed E-state index contributed by atoms with van der Waals surface area (Å²) in [5, 5.41) is 3.52. The van der Waals surface area contributed by atoms with Gasteiger partial charge in [0, 0.05) is 6.04 Å². The second-order valence-electron chi connectivity index (χ2n) is 5.97. The number of benzene rings is 1. The zero-order valence-corrected chi connectivity index (χ0v) is 14.2. The monoisotopic (exact) mass is 291 g/mol. The lowest BCUT2D eigenvalue weighted by atomic mass is 10.1. The number of nitrogens with one attached hydrogen (secondary N) is 1. The Labute approximate surface area is 131 Å². The molecule has 21 heavy (non-hydrogen) atoms. The first-order valence-corrected chi connectivity index (χ1v) is 8.71. The Morgan fingerprint density at radius 2 is 1.67 bits per heavy atom. The zero-order valence-electron chi connectivity index (χ0n) is 14.2. The van der Waals surface area contributed by atoms with E-state index in [0.717, 1.165) is 25.3 Å². The summed E-state index contributed by atoms with van der Waals surface area (Å²) in [7, 11) is 0. The molecule has 0 amide bonds. The zero-order chi connectivity index (χ0) is 15.3. The minimum Gasteiger partial charge on any atom is -0.494 e. The molecule has 0 aliphatic heterocycles. The van der Waals surface area contributed by atoms with Gasteiger partial charge in [-0.05, 0) is 50.4 Å². The number of ether oxygens (including phenoxy) is 1. The second-order valence-corrected chi connectivity index (χ2v) is 5.97. The van der Waals surface area contributed by atoms with Crippen molar-refractivity contribution in [3.05, 3.63) is 29.8 Å². The maximum Gasteiger partial charge on any atom is 0.119 e. The summed E-state index contributed by atoms with van der Waals surface area (Å²) in [6, 6.07) is 9.13. The molecule has 1 rings (SSSR count). The first-order valence-electron chi connectivity index (χ1n) is 8.71. The predicted molar refractivity (Wildman–Crippen MR) is 92.2 cm³/mol. The van der Waals surface area contributed by atoms with Crippen molar-refractivity contribution in [3.8, 4) is 5.75 Å². The van der Waals surface area contributed by atoms with Crippen LogP contribution in [0.5, 0.6) is 5.75 Å². The molecule has 0 fully saturated rings. The van der Waals surface area contributed by atoms with Gasteiger partial charge in [0.25, 0.3) is 0 Å². The molecule has 0 spiro atoms. The van der Waals surface area contributed by atoms with Crippen LogP contribution in [-0.4, -0.2) is 19.2 Å². The van der Waals surface area contributed by atoms with Crippen LogP contribution in [0.3, 0.4) is 0 Å². The largest absolute Gasteiger partial charge is 0.494 e. The molecule has 0 saturated heterocycles. The number of unbranched alkanes of at least 4 members (excludes halogenated alkanes) is 4. The Morgan fingerprint density at radius 1 is 0.952 bits per heavy atom. The number of hydrogen-bond donors (Lipinski definition) is 1. The predicted octanol–water partition coefficient (Wildman–Crippen LogP) is 4.97. The van der Waals surface area contributed by atoms with Crippen molar-refractivity contribution in [1.82, 2.24) is 5.32 Å². The van der Waals surface area contributed by atoms with Crippen LogP contribution in [0.2, 0.25) is 0 Å². The van der Waals surface area contributed by atoms with E-state index in [2.05, 4.69) is 50.4 Å². The summed E-state index contributed by atoms with van der Waals surface area (Å²) >= 11 is 0. The van der Waals surface area contributed by atoms with Gasteiger partial charge in [-0.2, -0.15) is 0 Å². The van der Waals surface area contributed by atoms with Crippen LogP contribution in [0.4, 0.5) is 0 Å². The van der Waals surface area contributed by atoms with Crippen LogP contribution in [0.1, 0.15) is 64.9 Å². The van der Waals surface area contributed by atoms with E-state index in [1.807, 2.05) is 0 Å². The summed E-state index contributed by atoms with van der Waals surface area (Å²) in [5.74, 6) is 1.00. The van der Waals surface area contributed by atoms with Crippen molar-refractivity contribution in [3.63, 3.8) is 0 Å². The molecule has 1 aromatic carbocycles. The van der Waals surface area contributed by atoms with Crippen LogP contribution in [0, 0.1) is 0 Å². The fourth-order valence-corrected chi connectivity index (χ4v) is 2.43. The third-order valence-corrected chi connectivity index (χ3v) is 3.72.